The Morgan fingerprint density at radius 2 is 1.79 bits per heavy atom. The fourth-order valence-electron chi connectivity index (χ4n) is 3.51. The molecular formula is C23H26N4O7. The van der Waals surface area contributed by atoms with Gasteiger partial charge in [-0.05, 0) is 44.0 Å². The number of urea groups is 1. The first kappa shape index (κ1) is 24.5. The molecule has 3 amide bonds. The number of anilines is 2. The van der Waals surface area contributed by atoms with Gasteiger partial charge in [0.05, 0.1) is 23.5 Å². The van der Waals surface area contributed by atoms with Gasteiger partial charge in [0.1, 0.15) is 11.4 Å². The highest BCUT2D eigenvalue weighted by atomic mass is 16.6. The SMILES string of the molecule is CCOc1ccc(NC(=O)COC(=O)C2CCN(C(=O)Nc3ccccc3)CC2)c([N+](=O)[O-])c1. The Morgan fingerprint density at radius 3 is 2.44 bits per heavy atom. The van der Waals surface area contributed by atoms with Crippen LogP contribution in [0.5, 0.6) is 5.75 Å². The Kier molecular flexibility index (Phi) is 8.38. The van der Waals surface area contributed by atoms with E-state index in [2.05, 4.69) is 10.6 Å². The molecule has 34 heavy (non-hydrogen) atoms. The van der Waals surface area contributed by atoms with Crippen LogP contribution >= 0.6 is 0 Å². The summed E-state index contributed by atoms with van der Waals surface area (Å²) in [5.41, 5.74) is 0.340. The van der Waals surface area contributed by atoms with Gasteiger partial charge >= 0.3 is 12.0 Å². The van der Waals surface area contributed by atoms with E-state index in [1.165, 1.54) is 18.2 Å². The number of nitro benzene ring substituents is 1. The zero-order valence-electron chi connectivity index (χ0n) is 18.7. The predicted molar refractivity (Wildman–Crippen MR) is 124 cm³/mol. The number of carbonyl (C=O) groups is 3. The minimum Gasteiger partial charge on any atom is -0.494 e. The number of hydrogen-bond donors (Lipinski definition) is 2. The molecule has 1 aliphatic rings. The van der Waals surface area contributed by atoms with Gasteiger partial charge < -0.3 is 25.0 Å². The second-order valence-electron chi connectivity index (χ2n) is 7.58. The lowest BCUT2D eigenvalue weighted by Crippen LogP contribution is -2.43. The number of amides is 3. The van der Waals surface area contributed by atoms with E-state index in [9.17, 15) is 24.5 Å². The van der Waals surface area contributed by atoms with Crippen molar-refractivity contribution in [1.82, 2.24) is 4.90 Å². The Bertz CT molecular complexity index is 1040. The van der Waals surface area contributed by atoms with Crippen LogP contribution in [0.3, 0.4) is 0 Å². The summed E-state index contributed by atoms with van der Waals surface area (Å²) in [6.07, 6.45) is 0.819. The molecule has 0 bridgehead atoms. The van der Waals surface area contributed by atoms with Crippen molar-refractivity contribution in [3.63, 3.8) is 0 Å². The standard InChI is InChI=1S/C23H26N4O7/c1-2-33-18-8-9-19(20(14-18)27(31)32)25-21(28)15-34-22(29)16-10-12-26(13-11-16)23(30)24-17-6-4-3-5-7-17/h3-9,14,16H,2,10-13,15H2,1H3,(H,24,30)(H,25,28). The van der Waals surface area contributed by atoms with Crippen LogP contribution in [0.25, 0.3) is 0 Å². The molecule has 0 radical (unpaired) electrons. The van der Waals surface area contributed by atoms with E-state index in [4.69, 9.17) is 9.47 Å². The van der Waals surface area contributed by atoms with Gasteiger partial charge in [0.2, 0.25) is 0 Å². The number of esters is 1. The second kappa shape index (κ2) is 11.6. The van der Waals surface area contributed by atoms with Crippen LogP contribution in [0.1, 0.15) is 19.8 Å². The third-order valence-corrected chi connectivity index (χ3v) is 5.24. The van der Waals surface area contributed by atoms with Crippen LogP contribution in [0, 0.1) is 16.0 Å². The number of hydrogen-bond acceptors (Lipinski definition) is 7. The van der Waals surface area contributed by atoms with Crippen molar-refractivity contribution in [2.24, 2.45) is 5.92 Å². The third kappa shape index (κ3) is 6.67. The van der Waals surface area contributed by atoms with Gasteiger partial charge in [-0.2, -0.15) is 0 Å². The molecule has 2 N–H and O–H groups in total. The number of nitrogens with zero attached hydrogens (tertiary/aromatic N) is 2. The van der Waals surface area contributed by atoms with Crippen LogP contribution in [0.15, 0.2) is 48.5 Å². The molecule has 1 fully saturated rings. The Hall–Kier alpha value is -4.15. The number of nitro groups is 1. The molecule has 11 nitrogen and oxygen atoms in total. The zero-order chi connectivity index (χ0) is 24.5. The van der Waals surface area contributed by atoms with E-state index in [1.54, 1.807) is 24.0 Å². The maximum atomic E-state index is 12.4. The summed E-state index contributed by atoms with van der Waals surface area (Å²) in [5.74, 6) is -1.37. The Labute approximate surface area is 196 Å². The predicted octanol–water partition coefficient (Wildman–Crippen LogP) is 3.42. The fourth-order valence-corrected chi connectivity index (χ4v) is 3.51. The van der Waals surface area contributed by atoms with Gasteiger partial charge in [0.25, 0.3) is 11.6 Å². The summed E-state index contributed by atoms with van der Waals surface area (Å²) < 4.78 is 10.3. The van der Waals surface area contributed by atoms with Gasteiger partial charge in [-0.1, -0.05) is 18.2 Å². The number of rotatable bonds is 8. The molecule has 1 heterocycles. The first-order valence-electron chi connectivity index (χ1n) is 10.9. The molecular weight excluding hydrogens is 444 g/mol. The van der Waals surface area contributed by atoms with Crippen LogP contribution in [-0.4, -0.2) is 54.0 Å². The first-order chi connectivity index (χ1) is 16.4. The maximum absolute atomic E-state index is 12.4. The lowest BCUT2D eigenvalue weighted by Gasteiger charge is -2.30. The van der Waals surface area contributed by atoms with Crippen LogP contribution < -0.4 is 15.4 Å². The number of carbonyl (C=O) groups excluding carboxylic acids is 3. The average molecular weight is 470 g/mol. The average Bonchev–Trinajstić information content (AvgIpc) is 2.84. The van der Waals surface area contributed by atoms with Crippen molar-refractivity contribution in [2.75, 3.05) is 36.9 Å². The van der Waals surface area contributed by atoms with Crippen LogP contribution in [0.2, 0.25) is 0 Å². The second-order valence-corrected chi connectivity index (χ2v) is 7.58. The highest BCUT2D eigenvalue weighted by Crippen LogP contribution is 2.29. The van der Waals surface area contributed by atoms with Gasteiger partial charge in [-0.3, -0.25) is 19.7 Å². The van der Waals surface area contributed by atoms with Crippen LogP contribution in [0.4, 0.5) is 21.9 Å². The summed E-state index contributed by atoms with van der Waals surface area (Å²) in [7, 11) is 0. The van der Waals surface area contributed by atoms with Crippen molar-refractivity contribution in [3.8, 4) is 5.75 Å². The van der Waals surface area contributed by atoms with E-state index < -0.39 is 29.3 Å². The molecule has 0 saturated carbocycles. The molecule has 3 rings (SSSR count). The smallest absolute Gasteiger partial charge is 0.321 e. The molecule has 1 aliphatic heterocycles. The summed E-state index contributed by atoms with van der Waals surface area (Å²) >= 11 is 0. The van der Waals surface area contributed by atoms with Crippen LogP contribution in [-0.2, 0) is 14.3 Å². The number of para-hydroxylation sites is 1. The number of nitrogens with one attached hydrogen (secondary N) is 2. The first-order valence-corrected chi connectivity index (χ1v) is 10.9. The zero-order valence-corrected chi connectivity index (χ0v) is 18.7. The van der Waals surface area contributed by atoms with E-state index in [1.807, 2.05) is 18.2 Å². The normalized spacial score (nSPS) is 13.6. The Balaban J connectivity index is 1.45. The van der Waals surface area contributed by atoms with Crippen molar-refractivity contribution in [2.45, 2.75) is 19.8 Å². The molecule has 1 saturated heterocycles. The maximum Gasteiger partial charge on any atom is 0.321 e. The topological polar surface area (TPSA) is 140 Å². The van der Waals surface area contributed by atoms with Crippen molar-refractivity contribution in [1.29, 1.82) is 0 Å². The van der Waals surface area contributed by atoms with E-state index in [-0.39, 0.29) is 17.4 Å². The summed E-state index contributed by atoms with van der Waals surface area (Å²) in [4.78, 5) is 49.2. The highest BCUT2D eigenvalue weighted by molar-refractivity contribution is 5.95. The molecule has 0 atom stereocenters. The lowest BCUT2D eigenvalue weighted by atomic mass is 9.97. The van der Waals surface area contributed by atoms with E-state index in [0.29, 0.717) is 44.0 Å². The number of ether oxygens (including phenoxy) is 2. The highest BCUT2D eigenvalue weighted by Gasteiger charge is 2.29. The van der Waals surface area contributed by atoms with Gasteiger partial charge in [-0.15, -0.1) is 0 Å². The fraction of sp³-hybridized carbons (Fsp3) is 0.348. The minimum atomic E-state index is -0.694. The van der Waals surface area contributed by atoms with Gasteiger partial charge in [0.15, 0.2) is 6.61 Å². The lowest BCUT2D eigenvalue weighted by molar-refractivity contribution is -0.384. The van der Waals surface area contributed by atoms with Crippen molar-refractivity contribution >= 4 is 35.0 Å². The van der Waals surface area contributed by atoms with Gasteiger partial charge in [-0.25, -0.2) is 4.79 Å². The molecule has 0 spiro atoms. The molecule has 2 aromatic carbocycles. The molecule has 0 unspecified atom stereocenters. The number of benzene rings is 2. The largest absolute Gasteiger partial charge is 0.494 e. The van der Waals surface area contributed by atoms with Crippen molar-refractivity contribution in [3.05, 3.63) is 58.6 Å². The molecule has 0 aliphatic carbocycles. The summed E-state index contributed by atoms with van der Waals surface area (Å²) in [6.45, 7) is 2.28. The van der Waals surface area contributed by atoms with Crippen molar-refractivity contribution < 1.29 is 28.8 Å². The quantitative estimate of drug-likeness (QED) is 0.342. The summed E-state index contributed by atoms with van der Waals surface area (Å²) in [5, 5.41) is 16.5. The molecule has 11 heteroatoms. The minimum absolute atomic E-state index is 0.0211. The van der Waals surface area contributed by atoms with E-state index in [0.717, 1.165) is 0 Å². The van der Waals surface area contributed by atoms with E-state index >= 15 is 0 Å². The third-order valence-electron chi connectivity index (χ3n) is 5.24. The number of piperidine rings is 1. The van der Waals surface area contributed by atoms with Gasteiger partial charge in [0, 0.05) is 18.8 Å². The molecule has 2 aromatic rings. The number of likely N-dealkylation sites (tertiary alicyclic amines) is 1. The summed E-state index contributed by atoms with van der Waals surface area (Å²) in [6, 6.07) is 12.9. The Morgan fingerprint density at radius 1 is 1.09 bits per heavy atom. The molecule has 0 aromatic heterocycles. The monoisotopic (exact) mass is 470 g/mol. The molecule has 180 valence electrons.